The van der Waals surface area contributed by atoms with E-state index in [0.717, 1.165) is 5.92 Å². The van der Waals surface area contributed by atoms with Gasteiger partial charge >= 0.3 is 0 Å². The van der Waals surface area contributed by atoms with Gasteiger partial charge < -0.3 is 0 Å². The van der Waals surface area contributed by atoms with Crippen molar-refractivity contribution in [2.75, 3.05) is 0 Å². The molecule has 0 bridgehead atoms. The quantitative estimate of drug-likeness (QED) is 0.560. The van der Waals surface area contributed by atoms with Crippen molar-refractivity contribution in [2.45, 2.75) is 34.6 Å². The predicted octanol–water partition coefficient (Wildman–Crippen LogP) is 5.65. The molecule has 18 heavy (non-hydrogen) atoms. The fourth-order valence-electron chi connectivity index (χ4n) is 1.07. The summed E-state index contributed by atoms with van der Waals surface area (Å²) in [6.07, 6.45) is 0. The molecular formula is C18H26. The summed E-state index contributed by atoms with van der Waals surface area (Å²) in [7, 11) is 0. The van der Waals surface area contributed by atoms with Gasteiger partial charge in [0.25, 0.3) is 0 Å². The third kappa shape index (κ3) is 12.5. The summed E-state index contributed by atoms with van der Waals surface area (Å²) in [4.78, 5) is 0. The highest BCUT2D eigenvalue weighted by Gasteiger charge is 1.72. The van der Waals surface area contributed by atoms with Gasteiger partial charge in [0.2, 0.25) is 0 Å². The van der Waals surface area contributed by atoms with Crippen molar-refractivity contribution in [2.24, 2.45) is 5.92 Å². The lowest BCUT2D eigenvalue weighted by molar-refractivity contribution is 0.737. The van der Waals surface area contributed by atoms with E-state index in [1.807, 2.05) is 36.4 Å². The largest absolute Gasteiger partial charge is 0.0630 e. The lowest BCUT2D eigenvalue weighted by Crippen LogP contribution is -1.66. The van der Waals surface area contributed by atoms with Crippen molar-refractivity contribution in [3.8, 4) is 0 Å². The molecule has 2 rings (SSSR count). The Kier molecular flexibility index (Phi) is 9.67. The zero-order chi connectivity index (χ0) is 13.8. The first-order chi connectivity index (χ1) is 8.52. The maximum Gasteiger partial charge on any atom is -0.0398 e. The Balaban J connectivity index is 0.000000253. The third-order valence-electron chi connectivity index (χ3n) is 1.88. The smallest absolute Gasteiger partial charge is 0.0398 e. The Morgan fingerprint density at radius 2 is 0.778 bits per heavy atom. The molecule has 0 aliphatic heterocycles. The van der Waals surface area contributed by atoms with Crippen LogP contribution in [0.1, 0.15) is 31.9 Å². The van der Waals surface area contributed by atoms with E-state index in [9.17, 15) is 0 Å². The van der Waals surface area contributed by atoms with Crippen LogP contribution in [0.5, 0.6) is 0 Å². The van der Waals surface area contributed by atoms with Gasteiger partial charge in [0.15, 0.2) is 0 Å². The van der Waals surface area contributed by atoms with Crippen LogP contribution < -0.4 is 0 Å². The highest BCUT2D eigenvalue weighted by atomic mass is 13.8. The second-order valence-electron chi connectivity index (χ2n) is 5.04. The monoisotopic (exact) mass is 242 g/mol. The summed E-state index contributed by atoms with van der Waals surface area (Å²) < 4.78 is 0. The molecule has 0 N–H and O–H groups in total. The van der Waals surface area contributed by atoms with Crippen LogP contribution in [-0.4, -0.2) is 0 Å². The molecule has 0 aliphatic rings. The average molecular weight is 242 g/mol. The normalized spacial score (nSPS) is 8.78. The van der Waals surface area contributed by atoms with E-state index < -0.39 is 0 Å². The number of benzene rings is 2. The summed E-state index contributed by atoms with van der Waals surface area (Å²) in [5.41, 5.74) is 2.64. The molecule has 0 heterocycles. The van der Waals surface area contributed by atoms with Gasteiger partial charge in [-0.25, -0.2) is 0 Å². The molecule has 0 saturated heterocycles. The van der Waals surface area contributed by atoms with Crippen LogP contribution in [0.25, 0.3) is 0 Å². The SMILES string of the molecule is CC(C)C.Cc1ccccc1.Cc1ccccc1. The molecular weight excluding hydrogens is 216 g/mol. The van der Waals surface area contributed by atoms with E-state index in [-0.39, 0.29) is 0 Å². The molecule has 98 valence electrons. The highest BCUT2D eigenvalue weighted by molar-refractivity contribution is 5.12. The standard InChI is InChI=1S/2C7H8.C4H10/c2*1-7-5-3-2-4-6-7;1-4(2)3/h2*2-6H,1H3;4H,1-3H3. The summed E-state index contributed by atoms with van der Waals surface area (Å²) >= 11 is 0. The molecule has 0 amide bonds. The van der Waals surface area contributed by atoms with Gasteiger partial charge in [-0.05, 0) is 19.8 Å². The molecule has 0 saturated carbocycles. The van der Waals surface area contributed by atoms with Gasteiger partial charge in [0.1, 0.15) is 0 Å². The fraction of sp³-hybridized carbons (Fsp3) is 0.333. The predicted molar refractivity (Wildman–Crippen MR) is 82.9 cm³/mol. The summed E-state index contributed by atoms with van der Waals surface area (Å²) in [5.74, 6) is 0.833. The summed E-state index contributed by atoms with van der Waals surface area (Å²) in [6, 6.07) is 20.5. The Morgan fingerprint density at radius 1 is 0.556 bits per heavy atom. The minimum atomic E-state index is 0.833. The molecule has 0 nitrogen and oxygen atoms in total. The van der Waals surface area contributed by atoms with Crippen molar-refractivity contribution >= 4 is 0 Å². The molecule has 0 atom stereocenters. The minimum Gasteiger partial charge on any atom is -0.0630 e. The van der Waals surface area contributed by atoms with E-state index in [4.69, 9.17) is 0 Å². The Labute approximate surface area is 113 Å². The Bertz CT molecular complexity index is 333. The molecule has 2 aromatic rings. The van der Waals surface area contributed by atoms with Crippen LogP contribution >= 0.6 is 0 Å². The van der Waals surface area contributed by atoms with Crippen molar-refractivity contribution in [3.05, 3.63) is 71.8 Å². The maximum absolute atomic E-state index is 2.17. The first kappa shape index (κ1) is 16.4. The number of hydrogen-bond acceptors (Lipinski definition) is 0. The van der Waals surface area contributed by atoms with Crippen LogP contribution in [0.2, 0.25) is 0 Å². The first-order valence-corrected chi connectivity index (χ1v) is 6.55. The Morgan fingerprint density at radius 3 is 0.889 bits per heavy atom. The van der Waals surface area contributed by atoms with E-state index in [1.165, 1.54) is 11.1 Å². The van der Waals surface area contributed by atoms with Crippen molar-refractivity contribution in [1.29, 1.82) is 0 Å². The Hall–Kier alpha value is -1.56. The van der Waals surface area contributed by atoms with Crippen LogP contribution in [-0.2, 0) is 0 Å². The summed E-state index contributed by atoms with van der Waals surface area (Å²) in [5, 5.41) is 0. The van der Waals surface area contributed by atoms with E-state index >= 15 is 0 Å². The van der Waals surface area contributed by atoms with Crippen LogP contribution in [0.4, 0.5) is 0 Å². The van der Waals surface area contributed by atoms with Crippen molar-refractivity contribution < 1.29 is 0 Å². The molecule has 2 aromatic carbocycles. The van der Waals surface area contributed by atoms with E-state index in [2.05, 4.69) is 58.9 Å². The lowest BCUT2D eigenvalue weighted by atomic mass is 10.2. The van der Waals surface area contributed by atoms with E-state index in [0.29, 0.717) is 0 Å². The molecule has 0 spiro atoms. The zero-order valence-electron chi connectivity index (χ0n) is 12.4. The van der Waals surface area contributed by atoms with Crippen LogP contribution in [0.15, 0.2) is 60.7 Å². The topological polar surface area (TPSA) is 0 Å². The number of aryl methyl sites for hydroxylation is 2. The van der Waals surface area contributed by atoms with E-state index in [1.54, 1.807) is 0 Å². The van der Waals surface area contributed by atoms with Gasteiger partial charge in [-0.2, -0.15) is 0 Å². The second-order valence-corrected chi connectivity index (χ2v) is 5.04. The fourth-order valence-corrected chi connectivity index (χ4v) is 1.07. The maximum atomic E-state index is 2.17. The van der Waals surface area contributed by atoms with Gasteiger partial charge in [0.05, 0.1) is 0 Å². The van der Waals surface area contributed by atoms with Crippen LogP contribution in [0.3, 0.4) is 0 Å². The highest BCUT2D eigenvalue weighted by Crippen LogP contribution is 1.92. The minimum absolute atomic E-state index is 0.833. The van der Waals surface area contributed by atoms with Crippen molar-refractivity contribution in [3.63, 3.8) is 0 Å². The average Bonchev–Trinajstić information content (AvgIpc) is 2.31. The number of hydrogen-bond donors (Lipinski definition) is 0. The molecule has 0 aromatic heterocycles. The number of rotatable bonds is 0. The van der Waals surface area contributed by atoms with Gasteiger partial charge in [-0.15, -0.1) is 0 Å². The molecule has 0 unspecified atom stereocenters. The van der Waals surface area contributed by atoms with Gasteiger partial charge in [0, 0.05) is 0 Å². The van der Waals surface area contributed by atoms with Crippen molar-refractivity contribution in [1.82, 2.24) is 0 Å². The third-order valence-corrected chi connectivity index (χ3v) is 1.88. The first-order valence-electron chi connectivity index (χ1n) is 6.55. The molecule has 0 fully saturated rings. The summed E-state index contributed by atoms with van der Waals surface area (Å²) in [6.45, 7) is 10.7. The lowest BCUT2D eigenvalue weighted by Gasteiger charge is -1.82. The van der Waals surface area contributed by atoms with Gasteiger partial charge in [-0.3, -0.25) is 0 Å². The second kappa shape index (κ2) is 10.6. The molecule has 0 heteroatoms. The molecule has 0 aliphatic carbocycles. The zero-order valence-corrected chi connectivity index (χ0v) is 12.4. The molecule has 0 radical (unpaired) electrons. The van der Waals surface area contributed by atoms with Crippen LogP contribution in [0, 0.1) is 19.8 Å². The van der Waals surface area contributed by atoms with Gasteiger partial charge in [-0.1, -0.05) is 92.6 Å².